The van der Waals surface area contributed by atoms with Crippen molar-refractivity contribution in [2.75, 3.05) is 6.61 Å². The molecule has 0 aromatic heterocycles. The lowest BCUT2D eigenvalue weighted by molar-refractivity contribution is -0.145. The van der Waals surface area contributed by atoms with Gasteiger partial charge in [0, 0.05) is 22.5 Å². The molecular formula is C16H21BrN2O2. The number of nitrogens with zero attached hydrogens (tertiary/aromatic N) is 1. The summed E-state index contributed by atoms with van der Waals surface area (Å²) >= 11 is 3.39. The summed E-state index contributed by atoms with van der Waals surface area (Å²) in [5, 5.41) is 0. The highest BCUT2D eigenvalue weighted by Gasteiger charge is 2.21. The molecule has 0 aliphatic rings. The summed E-state index contributed by atoms with van der Waals surface area (Å²) in [6.45, 7) is 6.00. The molecule has 21 heavy (non-hydrogen) atoms. The lowest BCUT2D eigenvalue weighted by Crippen LogP contribution is -2.27. The van der Waals surface area contributed by atoms with E-state index < -0.39 is 6.04 Å². The summed E-state index contributed by atoms with van der Waals surface area (Å²) < 4.78 is 6.03. The topological polar surface area (TPSA) is 64.7 Å². The number of ether oxygens (including phenoxy) is 1. The fourth-order valence-electron chi connectivity index (χ4n) is 1.75. The van der Waals surface area contributed by atoms with Crippen LogP contribution in [0.4, 0.5) is 0 Å². The highest BCUT2D eigenvalue weighted by atomic mass is 79.9. The van der Waals surface area contributed by atoms with E-state index in [1.54, 1.807) is 13.1 Å². The molecule has 0 aliphatic carbocycles. The number of nitrogens with two attached hydrogens (primary N) is 1. The number of aliphatic imine (C=N–C) groups is 1. The van der Waals surface area contributed by atoms with Crippen LogP contribution in [0.1, 0.15) is 26.3 Å². The number of allylic oxidation sites excluding steroid dienone is 1. The molecule has 5 heteroatoms. The van der Waals surface area contributed by atoms with Crippen molar-refractivity contribution in [2.24, 2.45) is 16.6 Å². The molecule has 0 saturated heterocycles. The number of hydrogen-bond acceptors (Lipinski definition) is 4. The van der Waals surface area contributed by atoms with Gasteiger partial charge in [0.2, 0.25) is 0 Å². The van der Waals surface area contributed by atoms with E-state index in [-0.39, 0.29) is 11.9 Å². The zero-order chi connectivity index (χ0) is 15.8. The second-order valence-electron chi connectivity index (χ2n) is 4.85. The molecule has 0 amide bonds. The van der Waals surface area contributed by atoms with Crippen LogP contribution in [0.5, 0.6) is 0 Å². The van der Waals surface area contributed by atoms with Crippen molar-refractivity contribution in [2.45, 2.75) is 26.8 Å². The first-order chi connectivity index (χ1) is 9.99. The van der Waals surface area contributed by atoms with Crippen LogP contribution in [-0.4, -0.2) is 24.8 Å². The van der Waals surface area contributed by atoms with Gasteiger partial charge in [0.25, 0.3) is 0 Å². The Morgan fingerprint density at radius 1 is 1.38 bits per heavy atom. The van der Waals surface area contributed by atoms with Crippen molar-refractivity contribution in [3.63, 3.8) is 0 Å². The maximum absolute atomic E-state index is 11.9. The molecule has 0 radical (unpaired) electrons. The van der Waals surface area contributed by atoms with E-state index in [2.05, 4.69) is 20.9 Å². The third-order valence-electron chi connectivity index (χ3n) is 2.89. The molecule has 4 nitrogen and oxygen atoms in total. The monoisotopic (exact) mass is 352 g/mol. The van der Waals surface area contributed by atoms with Gasteiger partial charge in [-0.3, -0.25) is 4.99 Å². The fourth-order valence-corrected chi connectivity index (χ4v) is 2.01. The van der Waals surface area contributed by atoms with Crippen LogP contribution in [0.3, 0.4) is 0 Å². The summed E-state index contributed by atoms with van der Waals surface area (Å²) in [7, 11) is 0. The Morgan fingerprint density at radius 3 is 2.48 bits per heavy atom. The van der Waals surface area contributed by atoms with Crippen LogP contribution in [0.2, 0.25) is 0 Å². The molecule has 2 N–H and O–H groups in total. The average Bonchev–Trinajstić information content (AvgIpc) is 2.44. The van der Waals surface area contributed by atoms with Gasteiger partial charge in [-0.2, -0.15) is 0 Å². The third-order valence-corrected chi connectivity index (χ3v) is 3.42. The Kier molecular flexibility index (Phi) is 7.15. The molecule has 114 valence electrons. The van der Waals surface area contributed by atoms with Gasteiger partial charge in [-0.25, -0.2) is 4.79 Å². The van der Waals surface area contributed by atoms with Gasteiger partial charge in [0.15, 0.2) is 0 Å². The van der Waals surface area contributed by atoms with Crippen molar-refractivity contribution >= 4 is 33.7 Å². The third kappa shape index (κ3) is 5.34. The van der Waals surface area contributed by atoms with E-state index in [9.17, 15) is 4.79 Å². The van der Waals surface area contributed by atoms with Gasteiger partial charge in [-0.05, 0) is 30.5 Å². The van der Waals surface area contributed by atoms with Crippen molar-refractivity contribution in [3.8, 4) is 0 Å². The lowest BCUT2D eigenvalue weighted by Gasteiger charge is -2.14. The number of halogens is 1. The first-order valence-electron chi connectivity index (χ1n) is 6.87. The molecule has 0 fully saturated rings. The fraction of sp³-hybridized carbons (Fsp3) is 0.375. The van der Waals surface area contributed by atoms with E-state index >= 15 is 0 Å². The molecule has 0 bridgehead atoms. The molecule has 1 rings (SSSR count). The molecule has 1 aromatic carbocycles. The Hall–Kier alpha value is -1.62. The summed E-state index contributed by atoms with van der Waals surface area (Å²) in [6.07, 6.45) is 3.11. The minimum Gasteiger partial charge on any atom is -0.464 e. The Bertz CT molecular complexity index is 522. The molecule has 0 saturated carbocycles. The van der Waals surface area contributed by atoms with Gasteiger partial charge >= 0.3 is 5.97 Å². The maximum Gasteiger partial charge on any atom is 0.331 e. The maximum atomic E-state index is 11.9. The van der Waals surface area contributed by atoms with Crippen LogP contribution in [0, 0.1) is 5.92 Å². The van der Waals surface area contributed by atoms with Crippen molar-refractivity contribution in [1.29, 1.82) is 0 Å². The Morgan fingerprint density at radius 2 is 2.00 bits per heavy atom. The zero-order valence-corrected chi connectivity index (χ0v) is 14.1. The van der Waals surface area contributed by atoms with Crippen molar-refractivity contribution in [1.82, 2.24) is 0 Å². The molecule has 0 aliphatic heterocycles. The SMILES string of the molecule is CCOC(=O)C(N=C/C(=C\N)c1ccc(Br)cc1)C(C)C. The number of benzene rings is 1. The number of carbonyl (C=O) groups is 1. The van der Waals surface area contributed by atoms with Crippen LogP contribution in [0.25, 0.3) is 5.57 Å². The quantitative estimate of drug-likeness (QED) is 0.630. The van der Waals surface area contributed by atoms with E-state index in [1.807, 2.05) is 38.1 Å². The van der Waals surface area contributed by atoms with E-state index in [0.717, 1.165) is 15.6 Å². The van der Waals surface area contributed by atoms with Gasteiger partial charge in [-0.15, -0.1) is 0 Å². The van der Waals surface area contributed by atoms with Crippen LogP contribution in [0.15, 0.2) is 39.9 Å². The zero-order valence-electron chi connectivity index (χ0n) is 12.5. The highest BCUT2D eigenvalue weighted by molar-refractivity contribution is 9.10. The second kappa shape index (κ2) is 8.62. The predicted molar refractivity (Wildman–Crippen MR) is 90.1 cm³/mol. The number of rotatable bonds is 6. The molecule has 1 unspecified atom stereocenters. The van der Waals surface area contributed by atoms with E-state index in [1.165, 1.54) is 6.20 Å². The minimum atomic E-state index is -0.518. The molecular weight excluding hydrogens is 332 g/mol. The van der Waals surface area contributed by atoms with Gasteiger partial charge in [0.05, 0.1) is 6.61 Å². The van der Waals surface area contributed by atoms with Gasteiger partial charge in [-0.1, -0.05) is 41.9 Å². The summed E-state index contributed by atoms with van der Waals surface area (Å²) in [4.78, 5) is 16.2. The lowest BCUT2D eigenvalue weighted by atomic mass is 10.0. The summed E-state index contributed by atoms with van der Waals surface area (Å²) in [5.74, 6) is -0.250. The summed E-state index contributed by atoms with van der Waals surface area (Å²) in [5.41, 5.74) is 7.36. The van der Waals surface area contributed by atoms with Crippen LogP contribution >= 0.6 is 15.9 Å². The normalized spacial score (nSPS) is 13.7. The van der Waals surface area contributed by atoms with Crippen molar-refractivity contribution in [3.05, 3.63) is 40.5 Å². The molecule has 1 aromatic rings. The first-order valence-corrected chi connectivity index (χ1v) is 7.66. The Labute approximate surface area is 134 Å². The largest absolute Gasteiger partial charge is 0.464 e. The molecule has 0 spiro atoms. The van der Waals surface area contributed by atoms with Crippen LogP contribution < -0.4 is 5.73 Å². The molecule has 0 heterocycles. The van der Waals surface area contributed by atoms with Crippen molar-refractivity contribution < 1.29 is 9.53 Å². The van der Waals surface area contributed by atoms with E-state index in [4.69, 9.17) is 10.5 Å². The van der Waals surface area contributed by atoms with Crippen LogP contribution in [-0.2, 0) is 9.53 Å². The van der Waals surface area contributed by atoms with Gasteiger partial charge in [0.1, 0.15) is 6.04 Å². The number of hydrogen-bond donors (Lipinski definition) is 1. The first kappa shape index (κ1) is 17.4. The van der Waals surface area contributed by atoms with E-state index in [0.29, 0.717) is 6.61 Å². The molecule has 1 atom stereocenters. The van der Waals surface area contributed by atoms with Gasteiger partial charge < -0.3 is 10.5 Å². The smallest absolute Gasteiger partial charge is 0.331 e. The number of esters is 1. The minimum absolute atomic E-state index is 0.0595. The Balaban J connectivity index is 2.92. The predicted octanol–water partition coefficient (Wildman–Crippen LogP) is 3.41. The summed E-state index contributed by atoms with van der Waals surface area (Å²) in [6, 6.07) is 7.21. The average molecular weight is 353 g/mol. The second-order valence-corrected chi connectivity index (χ2v) is 5.76. The number of carbonyl (C=O) groups excluding carboxylic acids is 1. The standard InChI is InChI=1S/C16H21BrN2O2/c1-4-21-16(20)15(11(2)3)19-10-13(9-18)12-5-7-14(17)8-6-12/h5-11,15H,4,18H2,1-3H3/b13-9+,19-10?. The highest BCUT2D eigenvalue weighted by Crippen LogP contribution is 2.17.